The average Bonchev–Trinajstić information content (AvgIpc) is 2.78. The van der Waals surface area contributed by atoms with E-state index in [-0.39, 0.29) is 17.7 Å². The predicted octanol–water partition coefficient (Wildman–Crippen LogP) is 1.87. The molecule has 3 nitrogen and oxygen atoms in total. The fourth-order valence-corrected chi connectivity index (χ4v) is 1.86. The Morgan fingerprint density at radius 3 is 2.62 bits per heavy atom. The van der Waals surface area contributed by atoms with Gasteiger partial charge in [0.2, 0.25) is 5.91 Å². The number of aliphatic hydroxyl groups is 1. The van der Waals surface area contributed by atoms with E-state index in [0.717, 1.165) is 19.3 Å². The van der Waals surface area contributed by atoms with Crippen molar-refractivity contribution in [3.05, 3.63) is 12.2 Å². The number of nitrogens with one attached hydrogen (secondary N) is 1. The van der Waals surface area contributed by atoms with Crippen LogP contribution >= 0.6 is 0 Å². The van der Waals surface area contributed by atoms with Gasteiger partial charge in [-0.1, -0.05) is 32.4 Å². The summed E-state index contributed by atoms with van der Waals surface area (Å²) in [5.74, 6) is 0.329. The SMILES string of the molecule is CCC(C)C(C)(O)CNC(=O)C1CC=CC1. The minimum atomic E-state index is -0.809. The van der Waals surface area contributed by atoms with E-state index < -0.39 is 5.60 Å². The zero-order chi connectivity index (χ0) is 12.2. The van der Waals surface area contributed by atoms with E-state index >= 15 is 0 Å². The molecule has 0 aromatic heterocycles. The first-order valence-corrected chi connectivity index (χ1v) is 6.12. The molecule has 0 spiro atoms. The topological polar surface area (TPSA) is 49.3 Å². The van der Waals surface area contributed by atoms with Crippen molar-refractivity contribution in [2.45, 2.75) is 45.6 Å². The van der Waals surface area contributed by atoms with Gasteiger partial charge in [-0.3, -0.25) is 4.79 Å². The number of hydrogen-bond donors (Lipinski definition) is 2. The van der Waals surface area contributed by atoms with E-state index in [1.54, 1.807) is 6.92 Å². The first kappa shape index (κ1) is 13.2. The fourth-order valence-electron chi connectivity index (χ4n) is 1.86. The van der Waals surface area contributed by atoms with Gasteiger partial charge in [-0.05, 0) is 25.7 Å². The van der Waals surface area contributed by atoms with Crippen LogP contribution in [0, 0.1) is 11.8 Å². The summed E-state index contributed by atoms with van der Waals surface area (Å²) >= 11 is 0. The van der Waals surface area contributed by atoms with Gasteiger partial charge >= 0.3 is 0 Å². The summed E-state index contributed by atoms with van der Waals surface area (Å²) in [7, 11) is 0. The van der Waals surface area contributed by atoms with Gasteiger partial charge in [-0.2, -0.15) is 0 Å². The van der Waals surface area contributed by atoms with Gasteiger partial charge in [0.15, 0.2) is 0 Å². The molecule has 0 aliphatic heterocycles. The largest absolute Gasteiger partial charge is 0.388 e. The summed E-state index contributed by atoms with van der Waals surface area (Å²) in [6, 6.07) is 0. The zero-order valence-electron chi connectivity index (χ0n) is 10.5. The van der Waals surface area contributed by atoms with Crippen molar-refractivity contribution in [2.24, 2.45) is 11.8 Å². The average molecular weight is 225 g/mol. The lowest BCUT2D eigenvalue weighted by Crippen LogP contribution is -2.46. The fraction of sp³-hybridized carbons (Fsp3) is 0.769. The Labute approximate surface area is 97.9 Å². The van der Waals surface area contributed by atoms with Crippen LogP contribution in [0.5, 0.6) is 0 Å². The number of carbonyl (C=O) groups excluding carboxylic acids is 1. The Kier molecular flexibility index (Phi) is 4.54. The molecular weight excluding hydrogens is 202 g/mol. The molecule has 1 aliphatic carbocycles. The molecule has 0 fully saturated rings. The molecule has 0 bridgehead atoms. The third-order valence-electron chi connectivity index (χ3n) is 3.67. The van der Waals surface area contributed by atoms with Crippen LogP contribution in [0.25, 0.3) is 0 Å². The van der Waals surface area contributed by atoms with Gasteiger partial charge < -0.3 is 10.4 Å². The molecule has 0 radical (unpaired) electrons. The van der Waals surface area contributed by atoms with Crippen LogP contribution in [-0.2, 0) is 4.79 Å². The third-order valence-corrected chi connectivity index (χ3v) is 3.67. The molecule has 16 heavy (non-hydrogen) atoms. The van der Waals surface area contributed by atoms with E-state index in [9.17, 15) is 9.90 Å². The lowest BCUT2D eigenvalue weighted by molar-refractivity contribution is -0.126. The molecule has 2 unspecified atom stereocenters. The van der Waals surface area contributed by atoms with Crippen molar-refractivity contribution in [3.8, 4) is 0 Å². The number of amides is 1. The molecular formula is C13H23NO2. The first-order valence-electron chi connectivity index (χ1n) is 6.12. The van der Waals surface area contributed by atoms with Crippen molar-refractivity contribution in [1.82, 2.24) is 5.32 Å². The van der Waals surface area contributed by atoms with Crippen LogP contribution in [0.3, 0.4) is 0 Å². The molecule has 3 heteroatoms. The summed E-state index contributed by atoms with van der Waals surface area (Å²) in [6.07, 6.45) is 6.65. The maximum atomic E-state index is 11.7. The Hall–Kier alpha value is -0.830. The molecule has 0 saturated heterocycles. The van der Waals surface area contributed by atoms with Crippen LogP contribution < -0.4 is 5.32 Å². The van der Waals surface area contributed by atoms with Crippen molar-refractivity contribution in [1.29, 1.82) is 0 Å². The zero-order valence-corrected chi connectivity index (χ0v) is 10.5. The standard InChI is InChI=1S/C13H23NO2/c1-4-10(2)13(3,16)9-14-12(15)11-7-5-6-8-11/h5-6,10-11,16H,4,7-9H2,1-3H3,(H,14,15). The maximum Gasteiger partial charge on any atom is 0.223 e. The van der Waals surface area contributed by atoms with E-state index in [0.29, 0.717) is 6.54 Å². The molecule has 1 rings (SSSR count). The Balaban J connectivity index is 2.35. The third kappa shape index (κ3) is 3.34. The van der Waals surface area contributed by atoms with Crippen LogP contribution in [0.4, 0.5) is 0 Å². The molecule has 0 aromatic rings. The van der Waals surface area contributed by atoms with Crippen molar-refractivity contribution >= 4 is 5.91 Å². The predicted molar refractivity (Wildman–Crippen MR) is 65.0 cm³/mol. The van der Waals surface area contributed by atoms with Gasteiger partial charge in [0.25, 0.3) is 0 Å². The van der Waals surface area contributed by atoms with E-state index in [1.807, 2.05) is 26.0 Å². The van der Waals surface area contributed by atoms with Crippen LogP contribution in [0.15, 0.2) is 12.2 Å². The summed E-state index contributed by atoms with van der Waals surface area (Å²) in [6.45, 7) is 6.18. The van der Waals surface area contributed by atoms with Crippen LogP contribution in [0.2, 0.25) is 0 Å². The normalized spacial score (nSPS) is 21.8. The molecule has 92 valence electrons. The second-order valence-corrected chi connectivity index (χ2v) is 5.02. The van der Waals surface area contributed by atoms with Gasteiger partial charge in [0, 0.05) is 12.5 Å². The van der Waals surface area contributed by atoms with E-state index in [2.05, 4.69) is 5.32 Å². The van der Waals surface area contributed by atoms with Crippen LogP contribution in [-0.4, -0.2) is 23.2 Å². The minimum Gasteiger partial charge on any atom is -0.388 e. The van der Waals surface area contributed by atoms with Gasteiger partial charge in [0.1, 0.15) is 0 Å². The Bertz CT molecular complexity index is 263. The van der Waals surface area contributed by atoms with Gasteiger partial charge in [-0.15, -0.1) is 0 Å². The van der Waals surface area contributed by atoms with Gasteiger partial charge in [0.05, 0.1) is 5.60 Å². The number of hydrogen-bond acceptors (Lipinski definition) is 2. The molecule has 2 atom stereocenters. The summed E-state index contributed by atoms with van der Waals surface area (Å²) < 4.78 is 0. The highest BCUT2D eigenvalue weighted by molar-refractivity contribution is 5.79. The summed E-state index contributed by atoms with van der Waals surface area (Å²) in [5.41, 5.74) is -0.809. The second kappa shape index (κ2) is 5.48. The highest BCUT2D eigenvalue weighted by atomic mass is 16.3. The quantitative estimate of drug-likeness (QED) is 0.702. The summed E-state index contributed by atoms with van der Waals surface area (Å²) in [4.78, 5) is 11.7. The molecule has 0 heterocycles. The lowest BCUT2D eigenvalue weighted by Gasteiger charge is -2.30. The smallest absolute Gasteiger partial charge is 0.223 e. The molecule has 0 saturated carbocycles. The lowest BCUT2D eigenvalue weighted by atomic mass is 9.88. The highest BCUT2D eigenvalue weighted by Crippen LogP contribution is 2.21. The second-order valence-electron chi connectivity index (χ2n) is 5.02. The van der Waals surface area contributed by atoms with E-state index in [1.165, 1.54) is 0 Å². The number of rotatable bonds is 5. The van der Waals surface area contributed by atoms with Crippen molar-refractivity contribution in [3.63, 3.8) is 0 Å². The Morgan fingerprint density at radius 2 is 2.12 bits per heavy atom. The molecule has 0 aromatic carbocycles. The number of allylic oxidation sites excluding steroid dienone is 2. The van der Waals surface area contributed by atoms with Gasteiger partial charge in [-0.25, -0.2) is 0 Å². The Morgan fingerprint density at radius 1 is 1.56 bits per heavy atom. The monoisotopic (exact) mass is 225 g/mol. The van der Waals surface area contributed by atoms with Crippen LogP contribution in [0.1, 0.15) is 40.0 Å². The first-order chi connectivity index (χ1) is 7.47. The summed E-state index contributed by atoms with van der Waals surface area (Å²) in [5, 5.41) is 13.0. The maximum absolute atomic E-state index is 11.7. The molecule has 1 amide bonds. The molecule has 1 aliphatic rings. The minimum absolute atomic E-state index is 0.0635. The van der Waals surface area contributed by atoms with E-state index in [4.69, 9.17) is 0 Å². The highest BCUT2D eigenvalue weighted by Gasteiger charge is 2.28. The molecule has 2 N–H and O–H groups in total. The van der Waals surface area contributed by atoms with Crippen molar-refractivity contribution in [2.75, 3.05) is 6.54 Å². The van der Waals surface area contributed by atoms with Crippen molar-refractivity contribution < 1.29 is 9.90 Å². The number of carbonyl (C=O) groups is 1.